The van der Waals surface area contributed by atoms with Gasteiger partial charge in [0, 0.05) is 17.5 Å². The molecule has 4 rings (SSSR count). The maximum Gasteiger partial charge on any atom is 0.220 e. The Morgan fingerprint density at radius 1 is 0.846 bits per heavy atom. The van der Waals surface area contributed by atoms with E-state index in [0.29, 0.717) is 12.0 Å². The highest BCUT2D eigenvalue weighted by Gasteiger charge is 2.11. The summed E-state index contributed by atoms with van der Waals surface area (Å²) in [6.07, 6.45) is 1.46. The highest BCUT2D eigenvalue weighted by molar-refractivity contribution is 5.82. The van der Waals surface area contributed by atoms with E-state index in [1.54, 1.807) is 12.1 Å². The highest BCUT2D eigenvalue weighted by atomic mass is 16.1. The molecule has 0 saturated heterocycles. The van der Waals surface area contributed by atoms with Gasteiger partial charge in [0.25, 0.3) is 0 Å². The molecular formula is C21H16N4O. The Kier molecular flexibility index (Phi) is 4.11. The number of aldehydes is 1. The summed E-state index contributed by atoms with van der Waals surface area (Å²) >= 11 is 0. The van der Waals surface area contributed by atoms with Gasteiger partial charge in [-0.25, -0.2) is 15.0 Å². The molecule has 2 aromatic heterocycles. The summed E-state index contributed by atoms with van der Waals surface area (Å²) in [5, 5.41) is 0. The van der Waals surface area contributed by atoms with Gasteiger partial charge in [-0.15, -0.1) is 0 Å². The summed E-state index contributed by atoms with van der Waals surface area (Å²) < 4.78 is 0. The number of pyridine rings is 1. The van der Waals surface area contributed by atoms with Crippen molar-refractivity contribution in [2.75, 3.05) is 5.73 Å². The Hall–Kier alpha value is -3.60. The van der Waals surface area contributed by atoms with Crippen LogP contribution in [0.4, 0.5) is 5.95 Å². The summed E-state index contributed by atoms with van der Waals surface area (Å²) in [7, 11) is 0. The molecule has 0 bridgehead atoms. The minimum atomic E-state index is 0.244. The first-order chi connectivity index (χ1) is 12.7. The van der Waals surface area contributed by atoms with Crippen LogP contribution < -0.4 is 5.73 Å². The van der Waals surface area contributed by atoms with Crippen LogP contribution in [0.15, 0.2) is 66.7 Å². The SMILES string of the molecule is Nc1nc(Cc2ccccc2)c2nc(-c3ccc(C=O)cc3)ccc2n1. The van der Waals surface area contributed by atoms with Crippen LogP contribution in [0.1, 0.15) is 21.6 Å². The summed E-state index contributed by atoms with van der Waals surface area (Å²) in [5.74, 6) is 0.244. The van der Waals surface area contributed by atoms with Crippen molar-refractivity contribution in [3.63, 3.8) is 0 Å². The molecule has 5 nitrogen and oxygen atoms in total. The lowest BCUT2D eigenvalue weighted by atomic mass is 10.1. The van der Waals surface area contributed by atoms with Crippen LogP contribution in [-0.2, 0) is 6.42 Å². The minimum absolute atomic E-state index is 0.244. The van der Waals surface area contributed by atoms with Gasteiger partial charge in [-0.1, -0.05) is 54.6 Å². The number of nitrogens with two attached hydrogens (primary N) is 1. The van der Waals surface area contributed by atoms with Crippen molar-refractivity contribution in [1.29, 1.82) is 0 Å². The fraction of sp³-hybridized carbons (Fsp3) is 0.0476. The Balaban J connectivity index is 1.81. The van der Waals surface area contributed by atoms with E-state index in [9.17, 15) is 4.79 Å². The normalized spacial score (nSPS) is 10.8. The lowest BCUT2D eigenvalue weighted by Gasteiger charge is -2.08. The third kappa shape index (κ3) is 3.15. The maximum absolute atomic E-state index is 10.8. The Bertz CT molecular complexity index is 1080. The Labute approximate surface area is 150 Å². The van der Waals surface area contributed by atoms with E-state index in [2.05, 4.69) is 9.97 Å². The van der Waals surface area contributed by atoms with Crippen LogP contribution in [0.2, 0.25) is 0 Å². The van der Waals surface area contributed by atoms with Gasteiger partial charge in [-0.05, 0) is 17.7 Å². The van der Waals surface area contributed by atoms with Gasteiger partial charge >= 0.3 is 0 Å². The molecule has 0 fully saturated rings. The fourth-order valence-electron chi connectivity index (χ4n) is 2.90. The number of hydrogen-bond donors (Lipinski definition) is 1. The largest absolute Gasteiger partial charge is 0.368 e. The zero-order valence-electron chi connectivity index (χ0n) is 14.0. The van der Waals surface area contributed by atoms with Crippen molar-refractivity contribution >= 4 is 23.3 Å². The third-order valence-corrected chi connectivity index (χ3v) is 4.19. The number of nitrogen functional groups attached to an aromatic ring is 1. The smallest absolute Gasteiger partial charge is 0.220 e. The zero-order valence-corrected chi connectivity index (χ0v) is 14.0. The molecule has 5 heteroatoms. The first-order valence-corrected chi connectivity index (χ1v) is 8.25. The van der Waals surface area contributed by atoms with Crippen LogP contribution in [0.3, 0.4) is 0 Å². The molecule has 0 saturated carbocycles. The first-order valence-electron chi connectivity index (χ1n) is 8.25. The van der Waals surface area contributed by atoms with Crippen LogP contribution >= 0.6 is 0 Å². The molecule has 2 heterocycles. The second-order valence-corrected chi connectivity index (χ2v) is 5.99. The van der Waals surface area contributed by atoms with E-state index in [1.165, 1.54) is 0 Å². The predicted molar refractivity (Wildman–Crippen MR) is 102 cm³/mol. The molecule has 0 unspecified atom stereocenters. The third-order valence-electron chi connectivity index (χ3n) is 4.19. The molecule has 2 aromatic carbocycles. The first kappa shape index (κ1) is 15.9. The fourth-order valence-corrected chi connectivity index (χ4v) is 2.90. The van der Waals surface area contributed by atoms with E-state index in [-0.39, 0.29) is 5.95 Å². The number of aromatic nitrogens is 3. The highest BCUT2D eigenvalue weighted by Crippen LogP contribution is 2.23. The van der Waals surface area contributed by atoms with Crippen LogP contribution in [-0.4, -0.2) is 21.2 Å². The molecule has 4 aromatic rings. The van der Waals surface area contributed by atoms with Crippen molar-refractivity contribution in [3.8, 4) is 11.3 Å². The molecule has 2 N–H and O–H groups in total. The average molecular weight is 340 g/mol. The minimum Gasteiger partial charge on any atom is -0.368 e. The monoisotopic (exact) mass is 340 g/mol. The zero-order chi connectivity index (χ0) is 17.9. The summed E-state index contributed by atoms with van der Waals surface area (Å²) in [6.45, 7) is 0. The topological polar surface area (TPSA) is 81.8 Å². The van der Waals surface area contributed by atoms with Gasteiger partial charge in [0.05, 0.1) is 16.9 Å². The molecule has 126 valence electrons. The van der Waals surface area contributed by atoms with Gasteiger partial charge in [0.15, 0.2) is 0 Å². The Morgan fingerprint density at radius 3 is 2.35 bits per heavy atom. The second-order valence-electron chi connectivity index (χ2n) is 5.99. The number of carbonyl (C=O) groups is 1. The molecule has 0 radical (unpaired) electrons. The van der Waals surface area contributed by atoms with Crippen LogP contribution in [0, 0.1) is 0 Å². The number of benzene rings is 2. The van der Waals surface area contributed by atoms with E-state index in [0.717, 1.165) is 39.8 Å². The number of rotatable bonds is 4. The van der Waals surface area contributed by atoms with E-state index >= 15 is 0 Å². The number of fused-ring (bicyclic) bond motifs is 1. The summed E-state index contributed by atoms with van der Waals surface area (Å²) in [6, 6.07) is 21.2. The van der Waals surface area contributed by atoms with Crippen LogP contribution in [0.5, 0.6) is 0 Å². The standard InChI is InChI=1S/C21H16N4O/c22-21-24-18-11-10-17(16-8-6-15(13-26)7-9-16)23-20(18)19(25-21)12-14-4-2-1-3-5-14/h1-11,13H,12H2,(H2,22,24,25). The maximum atomic E-state index is 10.8. The number of carbonyl (C=O) groups excluding carboxylic acids is 1. The molecule has 0 aliphatic rings. The molecule has 0 atom stereocenters. The summed E-state index contributed by atoms with van der Waals surface area (Å²) in [4.78, 5) is 24.3. The van der Waals surface area contributed by atoms with E-state index in [4.69, 9.17) is 10.7 Å². The van der Waals surface area contributed by atoms with Crippen molar-refractivity contribution in [2.24, 2.45) is 0 Å². The molecular weight excluding hydrogens is 324 g/mol. The van der Waals surface area contributed by atoms with Gasteiger partial charge in [-0.2, -0.15) is 0 Å². The quantitative estimate of drug-likeness (QED) is 0.573. The molecule has 0 spiro atoms. The van der Waals surface area contributed by atoms with Crippen molar-refractivity contribution < 1.29 is 4.79 Å². The predicted octanol–water partition coefficient (Wildman–Crippen LogP) is 3.68. The molecule has 0 amide bonds. The lowest BCUT2D eigenvalue weighted by Crippen LogP contribution is -2.03. The van der Waals surface area contributed by atoms with Gasteiger partial charge in [-0.3, -0.25) is 4.79 Å². The number of hydrogen-bond acceptors (Lipinski definition) is 5. The van der Waals surface area contributed by atoms with Crippen LogP contribution in [0.25, 0.3) is 22.3 Å². The molecule has 0 aliphatic carbocycles. The van der Waals surface area contributed by atoms with Crippen molar-refractivity contribution in [1.82, 2.24) is 15.0 Å². The lowest BCUT2D eigenvalue weighted by molar-refractivity contribution is 0.112. The second kappa shape index (κ2) is 6.72. The van der Waals surface area contributed by atoms with Gasteiger partial charge < -0.3 is 5.73 Å². The van der Waals surface area contributed by atoms with Crippen molar-refractivity contribution in [3.05, 3.63) is 83.6 Å². The Morgan fingerprint density at radius 2 is 1.62 bits per heavy atom. The summed E-state index contributed by atoms with van der Waals surface area (Å²) in [5.41, 5.74) is 11.6. The van der Waals surface area contributed by atoms with Crippen molar-refractivity contribution in [2.45, 2.75) is 6.42 Å². The molecule has 0 aliphatic heterocycles. The van der Waals surface area contributed by atoms with E-state index < -0.39 is 0 Å². The van der Waals surface area contributed by atoms with Gasteiger partial charge in [0.2, 0.25) is 5.95 Å². The number of anilines is 1. The van der Waals surface area contributed by atoms with E-state index in [1.807, 2.05) is 54.6 Å². The number of nitrogens with zero attached hydrogens (tertiary/aromatic N) is 3. The molecule has 26 heavy (non-hydrogen) atoms. The average Bonchev–Trinajstić information content (AvgIpc) is 2.68. The van der Waals surface area contributed by atoms with Gasteiger partial charge in [0.1, 0.15) is 11.8 Å².